The first-order valence-electron chi connectivity index (χ1n) is 6.88. The Hall–Kier alpha value is -2.76. The van der Waals surface area contributed by atoms with Gasteiger partial charge in [-0.3, -0.25) is 0 Å². The summed E-state index contributed by atoms with van der Waals surface area (Å²) in [6.45, 7) is 4.21. The molecule has 3 aromatic rings. The first-order chi connectivity index (χ1) is 10.7. The van der Waals surface area contributed by atoms with Crippen molar-refractivity contribution in [3.63, 3.8) is 0 Å². The fraction of sp³-hybridized carbons (Fsp3) is 0.188. The van der Waals surface area contributed by atoms with Crippen molar-refractivity contribution in [2.75, 3.05) is 6.61 Å². The normalized spacial score (nSPS) is 10.7. The Labute approximate surface area is 126 Å². The van der Waals surface area contributed by atoms with Crippen molar-refractivity contribution in [1.29, 1.82) is 0 Å². The van der Waals surface area contributed by atoms with Gasteiger partial charge >= 0.3 is 0 Å². The summed E-state index contributed by atoms with van der Waals surface area (Å²) in [6, 6.07) is 9.89. The third-order valence-electron chi connectivity index (χ3n) is 3.05. The summed E-state index contributed by atoms with van der Waals surface area (Å²) in [5, 5.41) is 3.90. The second kappa shape index (κ2) is 5.93. The molecule has 0 radical (unpaired) electrons. The van der Waals surface area contributed by atoms with E-state index in [2.05, 4.69) is 15.1 Å². The molecule has 6 heteroatoms. The minimum atomic E-state index is -0.412. The van der Waals surface area contributed by atoms with Gasteiger partial charge in [-0.2, -0.15) is 4.98 Å². The van der Waals surface area contributed by atoms with Gasteiger partial charge in [-0.15, -0.1) is 0 Å². The standard InChI is InChI=1S/C16H14FN3O2/c1-3-21-15-12(9-8-10(2)18-15)14-19-16(22-20-14)11-6-4-5-7-13(11)17/h4-9H,3H2,1-2H3. The van der Waals surface area contributed by atoms with Gasteiger partial charge < -0.3 is 9.26 Å². The summed E-state index contributed by atoms with van der Waals surface area (Å²) in [7, 11) is 0. The van der Waals surface area contributed by atoms with Gasteiger partial charge in [-0.1, -0.05) is 17.3 Å². The van der Waals surface area contributed by atoms with Crippen LogP contribution in [-0.4, -0.2) is 21.7 Å². The van der Waals surface area contributed by atoms with E-state index in [1.54, 1.807) is 18.2 Å². The zero-order valence-electron chi connectivity index (χ0n) is 12.2. The Kier molecular flexibility index (Phi) is 3.82. The molecule has 0 bridgehead atoms. The predicted molar refractivity (Wildman–Crippen MR) is 78.8 cm³/mol. The van der Waals surface area contributed by atoms with E-state index in [9.17, 15) is 4.39 Å². The predicted octanol–water partition coefficient (Wildman–Crippen LogP) is 3.64. The minimum absolute atomic E-state index is 0.121. The first kappa shape index (κ1) is 14.2. The number of benzene rings is 1. The van der Waals surface area contributed by atoms with E-state index in [1.807, 2.05) is 26.0 Å². The largest absolute Gasteiger partial charge is 0.477 e. The van der Waals surface area contributed by atoms with Gasteiger partial charge in [0.05, 0.1) is 17.7 Å². The monoisotopic (exact) mass is 299 g/mol. The van der Waals surface area contributed by atoms with Gasteiger partial charge in [-0.05, 0) is 38.1 Å². The number of ether oxygens (including phenoxy) is 1. The smallest absolute Gasteiger partial charge is 0.261 e. The summed E-state index contributed by atoms with van der Waals surface area (Å²) in [4.78, 5) is 8.57. The maximum absolute atomic E-state index is 13.8. The lowest BCUT2D eigenvalue weighted by Crippen LogP contribution is -1.98. The van der Waals surface area contributed by atoms with Gasteiger partial charge in [0.25, 0.3) is 5.89 Å². The molecule has 112 valence electrons. The van der Waals surface area contributed by atoms with Gasteiger partial charge in [-0.25, -0.2) is 9.37 Å². The summed E-state index contributed by atoms with van der Waals surface area (Å²) < 4.78 is 24.4. The number of pyridine rings is 1. The van der Waals surface area contributed by atoms with E-state index in [0.29, 0.717) is 23.9 Å². The van der Waals surface area contributed by atoms with Crippen molar-refractivity contribution in [1.82, 2.24) is 15.1 Å². The van der Waals surface area contributed by atoms with E-state index >= 15 is 0 Å². The Balaban J connectivity index is 2.03. The van der Waals surface area contributed by atoms with E-state index in [1.165, 1.54) is 6.07 Å². The highest BCUT2D eigenvalue weighted by atomic mass is 19.1. The molecule has 0 amide bonds. The number of aromatic nitrogens is 3. The van der Waals surface area contributed by atoms with Gasteiger partial charge in [0.1, 0.15) is 5.82 Å². The van der Waals surface area contributed by atoms with Crippen LogP contribution in [0.3, 0.4) is 0 Å². The van der Waals surface area contributed by atoms with E-state index in [0.717, 1.165) is 5.69 Å². The Bertz CT molecular complexity index is 802. The van der Waals surface area contributed by atoms with Crippen LogP contribution < -0.4 is 4.74 Å². The van der Waals surface area contributed by atoms with Crippen molar-refractivity contribution >= 4 is 0 Å². The lowest BCUT2D eigenvalue weighted by atomic mass is 10.2. The number of hydrogen-bond acceptors (Lipinski definition) is 5. The van der Waals surface area contributed by atoms with Crippen LogP contribution in [0, 0.1) is 12.7 Å². The molecule has 0 saturated carbocycles. The first-order valence-corrected chi connectivity index (χ1v) is 6.88. The van der Waals surface area contributed by atoms with Gasteiger partial charge in [0.2, 0.25) is 11.7 Å². The molecule has 0 aliphatic heterocycles. The molecule has 0 fully saturated rings. The van der Waals surface area contributed by atoms with Crippen LogP contribution in [0.2, 0.25) is 0 Å². The molecule has 0 aliphatic rings. The molecule has 0 spiro atoms. The highest BCUT2D eigenvalue weighted by molar-refractivity contribution is 5.64. The Morgan fingerprint density at radius 3 is 2.68 bits per heavy atom. The molecular weight excluding hydrogens is 285 g/mol. The molecule has 0 N–H and O–H groups in total. The summed E-state index contributed by atoms with van der Waals surface area (Å²) in [5.41, 5.74) is 1.70. The molecule has 0 atom stereocenters. The maximum Gasteiger partial charge on any atom is 0.261 e. The Morgan fingerprint density at radius 1 is 1.09 bits per heavy atom. The zero-order valence-corrected chi connectivity index (χ0v) is 12.2. The highest BCUT2D eigenvalue weighted by Gasteiger charge is 2.17. The quantitative estimate of drug-likeness (QED) is 0.736. The highest BCUT2D eigenvalue weighted by Crippen LogP contribution is 2.29. The van der Waals surface area contributed by atoms with Crippen molar-refractivity contribution in [2.45, 2.75) is 13.8 Å². The van der Waals surface area contributed by atoms with Crippen LogP contribution in [0.25, 0.3) is 22.8 Å². The molecule has 0 saturated heterocycles. The van der Waals surface area contributed by atoms with Crippen molar-refractivity contribution < 1.29 is 13.7 Å². The lowest BCUT2D eigenvalue weighted by Gasteiger charge is -2.06. The summed E-state index contributed by atoms with van der Waals surface area (Å²) in [6.07, 6.45) is 0. The van der Waals surface area contributed by atoms with Crippen LogP contribution in [-0.2, 0) is 0 Å². The number of aryl methyl sites for hydroxylation is 1. The third kappa shape index (κ3) is 2.67. The lowest BCUT2D eigenvalue weighted by molar-refractivity contribution is 0.327. The van der Waals surface area contributed by atoms with E-state index in [4.69, 9.17) is 9.26 Å². The van der Waals surface area contributed by atoms with Crippen molar-refractivity contribution in [2.24, 2.45) is 0 Å². The van der Waals surface area contributed by atoms with Crippen LogP contribution in [0.5, 0.6) is 5.88 Å². The van der Waals surface area contributed by atoms with Crippen molar-refractivity contribution in [3.8, 4) is 28.7 Å². The fourth-order valence-electron chi connectivity index (χ4n) is 2.03. The second-order valence-electron chi connectivity index (χ2n) is 4.64. The van der Waals surface area contributed by atoms with E-state index < -0.39 is 5.82 Å². The molecule has 1 aromatic carbocycles. The summed E-state index contributed by atoms with van der Waals surface area (Å²) >= 11 is 0. The molecule has 5 nitrogen and oxygen atoms in total. The number of rotatable bonds is 4. The molecule has 2 heterocycles. The zero-order chi connectivity index (χ0) is 15.5. The Morgan fingerprint density at radius 2 is 1.91 bits per heavy atom. The fourth-order valence-corrected chi connectivity index (χ4v) is 2.03. The topological polar surface area (TPSA) is 61.0 Å². The van der Waals surface area contributed by atoms with E-state index in [-0.39, 0.29) is 11.5 Å². The van der Waals surface area contributed by atoms with Crippen LogP contribution >= 0.6 is 0 Å². The second-order valence-corrected chi connectivity index (χ2v) is 4.64. The molecule has 0 unspecified atom stereocenters. The third-order valence-corrected chi connectivity index (χ3v) is 3.05. The van der Waals surface area contributed by atoms with Gasteiger partial charge in [0.15, 0.2) is 0 Å². The number of halogens is 1. The SMILES string of the molecule is CCOc1nc(C)ccc1-c1noc(-c2ccccc2F)n1. The van der Waals surface area contributed by atoms with Crippen LogP contribution in [0.4, 0.5) is 4.39 Å². The molecule has 3 rings (SSSR count). The van der Waals surface area contributed by atoms with Crippen LogP contribution in [0.15, 0.2) is 40.9 Å². The maximum atomic E-state index is 13.8. The average Bonchev–Trinajstić information content (AvgIpc) is 2.98. The number of hydrogen-bond donors (Lipinski definition) is 0. The molecule has 2 aromatic heterocycles. The average molecular weight is 299 g/mol. The molecule has 22 heavy (non-hydrogen) atoms. The number of nitrogens with zero attached hydrogens (tertiary/aromatic N) is 3. The van der Waals surface area contributed by atoms with Crippen molar-refractivity contribution in [3.05, 3.63) is 47.9 Å². The minimum Gasteiger partial charge on any atom is -0.477 e. The molecular formula is C16H14FN3O2. The van der Waals surface area contributed by atoms with Crippen LogP contribution in [0.1, 0.15) is 12.6 Å². The van der Waals surface area contributed by atoms with Gasteiger partial charge in [0, 0.05) is 5.69 Å². The summed E-state index contributed by atoms with van der Waals surface area (Å²) in [5.74, 6) is 0.457. The molecule has 0 aliphatic carbocycles.